The predicted octanol–water partition coefficient (Wildman–Crippen LogP) is 1.97. The smallest absolute Gasteiger partial charge is 0.375 e. The van der Waals surface area contributed by atoms with Gasteiger partial charge in [0.15, 0.2) is 11.8 Å². The third-order valence-electron chi connectivity index (χ3n) is 1.76. The normalized spacial score (nSPS) is 10.0. The summed E-state index contributed by atoms with van der Waals surface area (Å²) in [6.45, 7) is 2.19. The van der Waals surface area contributed by atoms with E-state index < -0.39 is 5.97 Å². The van der Waals surface area contributed by atoms with Crippen LogP contribution in [0.15, 0.2) is 0 Å². The number of hydrogen-bond donors (Lipinski definition) is 0. The van der Waals surface area contributed by atoms with Crippen LogP contribution in [0, 0.1) is 12.3 Å². The van der Waals surface area contributed by atoms with Gasteiger partial charge in [-0.15, -0.1) is 6.42 Å². The van der Waals surface area contributed by atoms with Crippen LogP contribution in [0.4, 0.5) is 0 Å². The molecule has 5 nitrogen and oxygen atoms in total. The first kappa shape index (κ1) is 13.8. The van der Waals surface area contributed by atoms with Gasteiger partial charge in [0.2, 0.25) is 5.82 Å². The fourth-order valence-corrected chi connectivity index (χ4v) is 1.38. The third-order valence-corrected chi connectivity index (χ3v) is 2.50. The van der Waals surface area contributed by atoms with Gasteiger partial charge in [-0.3, -0.25) is 4.57 Å². The summed E-state index contributed by atoms with van der Waals surface area (Å²) in [5, 5.41) is 0.131. The first-order chi connectivity index (χ1) is 8.11. The Balaban J connectivity index is 2.94. The van der Waals surface area contributed by atoms with Crippen LogP contribution in [0.25, 0.3) is 0 Å². The predicted molar refractivity (Wildman–Crippen MR) is 63.0 cm³/mol. The molecule has 0 aromatic carbocycles. The number of nitrogens with zero attached hydrogens (tertiary/aromatic N) is 2. The summed E-state index contributed by atoms with van der Waals surface area (Å²) in [5.41, 5.74) is 0. The van der Waals surface area contributed by atoms with Gasteiger partial charge >= 0.3 is 5.97 Å². The molecule has 0 aliphatic heterocycles. The van der Waals surface area contributed by atoms with Gasteiger partial charge in [0, 0.05) is 6.61 Å². The molecule has 0 radical (unpaired) electrons. The molecule has 1 rings (SSSR count). The molecule has 92 valence electrons. The Morgan fingerprint density at radius 3 is 2.88 bits per heavy atom. The van der Waals surface area contributed by atoms with Crippen LogP contribution in [0.2, 0.25) is 10.3 Å². The average Bonchev–Trinajstić information content (AvgIpc) is 2.60. The van der Waals surface area contributed by atoms with Crippen molar-refractivity contribution in [1.82, 2.24) is 9.55 Å². The second-order valence-electron chi connectivity index (χ2n) is 2.85. The topological polar surface area (TPSA) is 53.3 Å². The van der Waals surface area contributed by atoms with Crippen LogP contribution in [0.5, 0.6) is 0 Å². The summed E-state index contributed by atoms with van der Waals surface area (Å²) >= 11 is 11.6. The average molecular weight is 277 g/mol. The van der Waals surface area contributed by atoms with Crippen LogP contribution in [0.1, 0.15) is 17.5 Å². The molecule has 0 saturated heterocycles. The molecule has 0 saturated carbocycles. The molecule has 0 unspecified atom stereocenters. The lowest BCUT2D eigenvalue weighted by atomic mass is 10.6. The Labute approximate surface area is 109 Å². The minimum absolute atomic E-state index is 0.0130. The number of carbonyl (C=O) groups is 1. The first-order valence-corrected chi connectivity index (χ1v) is 5.47. The number of halogens is 2. The maximum absolute atomic E-state index is 11.6. The van der Waals surface area contributed by atoms with Crippen LogP contribution in [-0.2, 0) is 16.2 Å². The highest BCUT2D eigenvalue weighted by molar-refractivity contribution is 6.40. The molecular formula is C10H10Cl2N2O3. The highest BCUT2D eigenvalue weighted by Gasteiger charge is 2.21. The van der Waals surface area contributed by atoms with Crippen LogP contribution >= 0.6 is 23.2 Å². The van der Waals surface area contributed by atoms with Gasteiger partial charge in [-0.1, -0.05) is 29.1 Å². The van der Waals surface area contributed by atoms with E-state index >= 15 is 0 Å². The zero-order chi connectivity index (χ0) is 12.8. The van der Waals surface area contributed by atoms with Crippen LogP contribution in [0.3, 0.4) is 0 Å². The molecule has 1 aromatic rings. The van der Waals surface area contributed by atoms with Crippen molar-refractivity contribution in [2.24, 2.45) is 0 Å². The molecule has 1 aromatic heterocycles. The summed E-state index contributed by atoms with van der Waals surface area (Å²) in [6.07, 6.45) is 4.98. The van der Waals surface area contributed by atoms with Gasteiger partial charge in [-0.05, 0) is 6.92 Å². The number of aromatic nitrogens is 2. The molecule has 0 fully saturated rings. The SMILES string of the molecule is C#CCOC(=O)c1nc(Cl)c(Cl)n1COCC. The molecule has 1 heterocycles. The maximum atomic E-state index is 11.6. The number of imidazole rings is 1. The largest absolute Gasteiger partial charge is 0.447 e. The molecule has 0 spiro atoms. The van der Waals surface area contributed by atoms with Crippen molar-refractivity contribution in [1.29, 1.82) is 0 Å². The molecule has 7 heteroatoms. The number of rotatable bonds is 5. The molecule has 0 N–H and O–H groups in total. The minimum Gasteiger partial charge on any atom is -0.447 e. The van der Waals surface area contributed by atoms with E-state index in [0.29, 0.717) is 6.61 Å². The quantitative estimate of drug-likeness (QED) is 0.610. The van der Waals surface area contributed by atoms with E-state index in [9.17, 15) is 4.79 Å². The Kier molecular flexibility index (Phi) is 5.29. The minimum atomic E-state index is -0.698. The maximum Gasteiger partial charge on any atom is 0.375 e. The summed E-state index contributed by atoms with van der Waals surface area (Å²) < 4.78 is 11.2. The van der Waals surface area contributed by atoms with Crippen molar-refractivity contribution in [2.75, 3.05) is 13.2 Å². The molecule has 0 aliphatic rings. The fourth-order valence-electron chi connectivity index (χ4n) is 1.03. The van der Waals surface area contributed by atoms with Gasteiger partial charge in [0.05, 0.1) is 0 Å². The summed E-state index contributed by atoms with van der Waals surface area (Å²) in [7, 11) is 0. The van der Waals surface area contributed by atoms with Crippen molar-refractivity contribution in [2.45, 2.75) is 13.7 Å². The number of esters is 1. The summed E-state index contributed by atoms with van der Waals surface area (Å²) in [5.74, 6) is 1.44. The van der Waals surface area contributed by atoms with Gasteiger partial charge in [0.1, 0.15) is 11.9 Å². The Morgan fingerprint density at radius 1 is 1.59 bits per heavy atom. The Morgan fingerprint density at radius 2 is 2.29 bits per heavy atom. The van der Waals surface area contributed by atoms with E-state index in [0.717, 1.165) is 0 Å². The van der Waals surface area contributed by atoms with Crippen molar-refractivity contribution < 1.29 is 14.3 Å². The lowest BCUT2D eigenvalue weighted by Gasteiger charge is -2.07. The van der Waals surface area contributed by atoms with Crippen LogP contribution < -0.4 is 0 Å². The van der Waals surface area contributed by atoms with E-state index in [1.165, 1.54) is 4.57 Å². The number of carbonyl (C=O) groups excluding carboxylic acids is 1. The summed E-state index contributed by atoms with van der Waals surface area (Å²) in [4.78, 5) is 15.4. The van der Waals surface area contributed by atoms with Gasteiger partial charge in [0.25, 0.3) is 0 Å². The highest BCUT2D eigenvalue weighted by Crippen LogP contribution is 2.23. The standard InChI is InChI=1S/C10H10Cl2N2O3/c1-3-5-17-10(15)9-13-7(11)8(12)14(9)6-16-4-2/h1H,4-6H2,2H3. The molecule has 0 amide bonds. The zero-order valence-corrected chi connectivity index (χ0v) is 10.6. The number of ether oxygens (including phenoxy) is 2. The van der Waals surface area contributed by atoms with E-state index in [1.807, 2.05) is 6.92 Å². The molecule has 0 atom stereocenters. The monoisotopic (exact) mass is 276 g/mol. The van der Waals surface area contributed by atoms with Gasteiger partial charge in [-0.25, -0.2) is 9.78 Å². The molecule has 0 bridgehead atoms. The van der Waals surface area contributed by atoms with Crippen molar-refractivity contribution >= 4 is 29.2 Å². The van der Waals surface area contributed by atoms with E-state index in [4.69, 9.17) is 39.1 Å². The second kappa shape index (κ2) is 6.50. The lowest BCUT2D eigenvalue weighted by Crippen LogP contribution is -2.15. The van der Waals surface area contributed by atoms with Gasteiger partial charge in [-0.2, -0.15) is 0 Å². The Hall–Kier alpha value is -1.22. The van der Waals surface area contributed by atoms with E-state index in [1.54, 1.807) is 0 Å². The van der Waals surface area contributed by atoms with E-state index in [2.05, 4.69) is 10.9 Å². The molecule has 17 heavy (non-hydrogen) atoms. The van der Waals surface area contributed by atoms with Crippen LogP contribution in [-0.4, -0.2) is 28.7 Å². The highest BCUT2D eigenvalue weighted by atomic mass is 35.5. The second-order valence-corrected chi connectivity index (χ2v) is 3.56. The fraction of sp³-hybridized carbons (Fsp3) is 0.400. The molecule has 0 aliphatic carbocycles. The lowest BCUT2D eigenvalue weighted by molar-refractivity contribution is 0.0492. The van der Waals surface area contributed by atoms with Crippen molar-refractivity contribution in [3.8, 4) is 12.3 Å². The third kappa shape index (κ3) is 3.37. The zero-order valence-electron chi connectivity index (χ0n) is 9.07. The first-order valence-electron chi connectivity index (χ1n) is 4.71. The van der Waals surface area contributed by atoms with Crippen molar-refractivity contribution in [3.63, 3.8) is 0 Å². The van der Waals surface area contributed by atoms with Gasteiger partial charge < -0.3 is 9.47 Å². The van der Waals surface area contributed by atoms with Crippen molar-refractivity contribution in [3.05, 3.63) is 16.1 Å². The molecular weight excluding hydrogens is 267 g/mol. The number of terminal acetylenes is 1. The number of hydrogen-bond acceptors (Lipinski definition) is 4. The summed E-state index contributed by atoms with van der Waals surface area (Å²) in [6, 6.07) is 0. The Bertz CT molecular complexity index is 451. The van der Waals surface area contributed by atoms with E-state index in [-0.39, 0.29) is 29.5 Å².